The van der Waals surface area contributed by atoms with Crippen LogP contribution in [0.4, 0.5) is 0 Å². The second-order valence-electron chi connectivity index (χ2n) is 4.87. The van der Waals surface area contributed by atoms with Gasteiger partial charge in [-0.15, -0.1) is 0 Å². The average Bonchev–Trinajstić information content (AvgIpc) is 2.86. The van der Waals surface area contributed by atoms with E-state index in [2.05, 4.69) is 39.2 Å². The zero-order chi connectivity index (χ0) is 12.1. The predicted molar refractivity (Wildman–Crippen MR) is 67.7 cm³/mol. The van der Waals surface area contributed by atoms with Crippen molar-refractivity contribution in [3.63, 3.8) is 0 Å². The quantitative estimate of drug-likeness (QED) is 0.811. The molecule has 0 bridgehead atoms. The zero-order valence-corrected chi connectivity index (χ0v) is 10.8. The van der Waals surface area contributed by atoms with Gasteiger partial charge < -0.3 is 10.2 Å². The fourth-order valence-corrected chi connectivity index (χ4v) is 2.50. The van der Waals surface area contributed by atoms with Gasteiger partial charge in [0.15, 0.2) is 0 Å². The van der Waals surface area contributed by atoms with Gasteiger partial charge in [-0.25, -0.2) is 4.98 Å². The van der Waals surface area contributed by atoms with E-state index in [1.807, 2.05) is 0 Å². The molecular formula is C12H23N5. The van der Waals surface area contributed by atoms with Gasteiger partial charge in [-0.2, -0.15) is 5.10 Å². The van der Waals surface area contributed by atoms with E-state index in [4.69, 9.17) is 0 Å². The number of hydrogen-bond acceptors (Lipinski definition) is 4. The fourth-order valence-electron chi connectivity index (χ4n) is 2.50. The lowest BCUT2D eigenvalue weighted by Crippen LogP contribution is -2.43. The molecule has 1 aliphatic heterocycles. The third-order valence-electron chi connectivity index (χ3n) is 3.46. The summed E-state index contributed by atoms with van der Waals surface area (Å²) in [6.45, 7) is 8.06. The third kappa shape index (κ3) is 3.51. The summed E-state index contributed by atoms with van der Waals surface area (Å²) in [6.07, 6.45) is 5.29. The number of likely N-dealkylation sites (tertiary alicyclic amines) is 1. The Morgan fingerprint density at radius 3 is 2.88 bits per heavy atom. The van der Waals surface area contributed by atoms with Crippen LogP contribution in [0.2, 0.25) is 0 Å². The van der Waals surface area contributed by atoms with Gasteiger partial charge in [-0.05, 0) is 45.8 Å². The van der Waals surface area contributed by atoms with E-state index < -0.39 is 0 Å². The van der Waals surface area contributed by atoms with Gasteiger partial charge in [0.25, 0.3) is 0 Å². The monoisotopic (exact) mass is 237 g/mol. The third-order valence-corrected chi connectivity index (χ3v) is 3.46. The number of nitrogens with zero attached hydrogens (tertiary/aromatic N) is 3. The van der Waals surface area contributed by atoms with Crippen molar-refractivity contribution in [2.75, 3.05) is 19.6 Å². The number of aromatic nitrogens is 3. The smallest absolute Gasteiger partial charge is 0.141 e. The van der Waals surface area contributed by atoms with Crippen LogP contribution in [-0.4, -0.2) is 45.8 Å². The molecule has 17 heavy (non-hydrogen) atoms. The Kier molecular flexibility index (Phi) is 4.50. The summed E-state index contributed by atoms with van der Waals surface area (Å²) >= 11 is 0. The number of nitrogens with one attached hydrogen (secondary N) is 2. The molecule has 1 aromatic rings. The molecule has 2 rings (SSSR count). The van der Waals surface area contributed by atoms with Crippen LogP contribution in [0.15, 0.2) is 6.33 Å². The van der Waals surface area contributed by atoms with E-state index >= 15 is 0 Å². The van der Waals surface area contributed by atoms with Gasteiger partial charge in [-0.1, -0.05) is 6.92 Å². The molecule has 2 heterocycles. The molecule has 2 N–H and O–H groups in total. The minimum atomic E-state index is 0.264. The van der Waals surface area contributed by atoms with Crippen LogP contribution in [0.1, 0.15) is 45.0 Å². The highest BCUT2D eigenvalue weighted by molar-refractivity contribution is 4.91. The van der Waals surface area contributed by atoms with Gasteiger partial charge in [-0.3, -0.25) is 5.10 Å². The molecule has 1 aromatic heterocycles. The molecule has 0 saturated carbocycles. The van der Waals surface area contributed by atoms with Crippen LogP contribution in [0.25, 0.3) is 0 Å². The van der Waals surface area contributed by atoms with Crippen LogP contribution < -0.4 is 5.32 Å². The average molecular weight is 237 g/mol. The summed E-state index contributed by atoms with van der Waals surface area (Å²) in [5.74, 6) is 0.931. The first kappa shape index (κ1) is 12.5. The maximum atomic E-state index is 4.19. The molecule has 1 fully saturated rings. The molecule has 5 nitrogen and oxygen atoms in total. The lowest BCUT2D eigenvalue weighted by atomic mass is 10.0. The summed E-state index contributed by atoms with van der Waals surface area (Å²) < 4.78 is 0. The Morgan fingerprint density at radius 1 is 1.53 bits per heavy atom. The van der Waals surface area contributed by atoms with Gasteiger partial charge >= 0.3 is 0 Å². The summed E-state index contributed by atoms with van der Waals surface area (Å²) in [6, 6.07) is 0.878. The highest BCUT2D eigenvalue weighted by atomic mass is 15.2. The van der Waals surface area contributed by atoms with Gasteiger partial charge in [0, 0.05) is 6.04 Å². The molecule has 5 heteroatoms. The van der Waals surface area contributed by atoms with Gasteiger partial charge in [0.2, 0.25) is 0 Å². The van der Waals surface area contributed by atoms with Crippen LogP contribution in [0.3, 0.4) is 0 Å². The summed E-state index contributed by atoms with van der Waals surface area (Å²) in [4.78, 5) is 6.74. The first-order chi connectivity index (χ1) is 8.29. The molecule has 0 amide bonds. The van der Waals surface area contributed by atoms with Crippen molar-refractivity contribution in [3.8, 4) is 0 Å². The van der Waals surface area contributed by atoms with Crippen molar-refractivity contribution in [1.82, 2.24) is 25.4 Å². The molecule has 0 spiro atoms. The molecule has 1 unspecified atom stereocenters. The van der Waals surface area contributed by atoms with Crippen LogP contribution in [-0.2, 0) is 0 Å². The first-order valence-electron chi connectivity index (χ1n) is 6.63. The fraction of sp³-hybridized carbons (Fsp3) is 0.833. The minimum absolute atomic E-state index is 0.264. The number of hydrogen-bond donors (Lipinski definition) is 2. The van der Waals surface area contributed by atoms with E-state index in [-0.39, 0.29) is 6.04 Å². The maximum absolute atomic E-state index is 4.19. The SMILES string of the molecule is CCCN1CCC(NC(C)c2ncn[nH]2)CC1. The molecule has 0 aromatic carbocycles. The van der Waals surface area contributed by atoms with E-state index in [0.29, 0.717) is 6.04 Å². The van der Waals surface area contributed by atoms with Crippen molar-refractivity contribution in [3.05, 3.63) is 12.2 Å². The van der Waals surface area contributed by atoms with Gasteiger partial charge in [0.05, 0.1) is 6.04 Å². The van der Waals surface area contributed by atoms with Crippen molar-refractivity contribution < 1.29 is 0 Å². The maximum Gasteiger partial charge on any atom is 0.141 e. The Bertz CT molecular complexity index is 303. The van der Waals surface area contributed by atoms with Crippen LogP contribution >= 0.6 is 0 Å². The Hall–Kier alpha value is -0.940. The van der Waals surface area contributed by atoms with Crippen molar-refractivity contribution >= 4 is 0 Å². The Morgan fingerprint density at radius 2 is 2.29 bits per heavy atom. The van der Waals surface area contributed by atoms with E-state index in [1.54, 1.807) is 6.33 Å². The largest absolute Gasteiger partial charge is 0.305 e. The predicted octanol–water partition coefficient (Wildman–Crippen LogP) is 1.33. The number of piperidine rings is 1. The molecule has 0 radical (unpaired) electrons. The van der Waals surface area contributed by atoms with E-state index in [1.165, 1.54) is 38.9 Å². The molecule has 0 aliphatic carbocycles. The molecule has 1 atom stereocenters. The van der Waals surface area contributed by atoms with E-state index in [9.17, 15) is 0 Å². The summed E-state index contributed by atoms with van der Waals surface area (Å²) in [7, 11) is 0. The Balaban J connectivity index is 1.74. The highest BCUT2D eigenvalue weighted by Crippen LogP contribution is 2.14. The Labute approximate surface area is 103 Å². The molecule has 96 valence electrons. The van der Waals surface area contributed by atoms with Gasteiger partial charge in [0.1, 0.15) is 12.2 Å². The number of H-pyrrole nitrogens is 1. The lowest BCUT2D eigenvalue weighted by Gasteiger charge is -2.33. The van der Waals surface area contributed by atoms with Crippen LogP contribution in [0.5, 0.6) is 0 Å². The standard InChI is InChI=1S/C12H23N5/c1-3-6-17-7-4-11(5-8-17)15-10(2)12-13-9-14-16-12/h9-11,15H,3-8H2,1-2H3,(H,13,14,16). The first-order valence-corrected chi connectivity index (χ1v) is 6.63. The zero-order valence-electron chi connectivity index (χ0n) is 10.8. The summed E-state index contributed by atoms with van der Waals surface area (Å²) in [5, 5.41) is 10.4. The molecular weight excluding hydrogens is 214 g/mol. The van der Waals surface area contributed by atoms with E-state index in [0.717, 1.165) is 5.82 Å². The topological polar surface area (TPSA) is 56.8 Å². The van der Waals surface area contributed by atoms with Crippen LogP contribution in [0, 0.1) is 0 Å². The molecule has 1 aliphatic rings. The summed E-state index contributed by atoms with van der Waals surface area (Å²) in [5.41, 5.74) is 0. The minimum Gasteiger partial charge on any atom is -0.305 e. The lowest BCUT2D eigenvalue weighted by molar-refractivity contribution is 0.191. The van der Waals surface area contributed by atoms with Crippen molar-refractivity contribution in [1.29, 1.82) is 0 Å². The van der Waals surface area contributed by atoms with Crippen molar-refractivity contribution in [2.45, 2.75) is 45.2 Å². The molecule has 1 saturated heterocycles. The number of aromatic amines is 1. The van der Waals surface area contributed by atoms with Crippen molar-refractivity contribution in [2.24, 2.45) is 0 Å². The highest BCUT2D eigenvalue weighted by Gasteiger charge is 2.20. The normalized spacial score (nSPS) is 20.6. The number of rotatable bonds is 5. The second kappa shape index (κ2) is 6.12. The second-order valence-corrected chi connectivity index (χ2v) is 4.87.